The van der Waals surface area contributed by atoms with Crippen molar-refractivity contribution in [2.24, 2.45) is 0 Å². The summed E-state index contributed by atoms with van der Waals surface area (Å²) >= 11 is 1.51. The number of aryl methyl sites for hydroxylation is 1. The minimum Gasteiger partial charge on any atom is -0.465 e. The molecule has 0 saturated carbocycles. The number of nitrogens with one attached hydrogen (secondary N) is 2. The summed E-state index contributed by atoms with van der Waals surface area (Å²) in [6.45, 7) is 6.15. The number of carbonyl (C=O) groups is 2. The van der Waals surface area contributed by atoms with Gasteiger partial charge in [-0.1, -0.05) is 30.3 Å². The first kappa shape index (κ1) is 20.3. The normalized spacial score (nSPS) is 13.7. The van der Waals surface area contributed by atoms with E-state index in [0.717, 1.165) is 31.7 Å². The molecule has 3 aromatic rings. The number of H-pyrrole nitrogens is 1. The van der Waals surface area contributed by atoms with Crippen molar-refractivity contribution in [1.29, 1.82) is 0 Å². The number of ether oxygens (including phenoxy) is 1. The van der Waals surface area contributed by atoms with E-state index in [0.29, 0.717) is 27.6 Å². The summed E-state index contributed by atoms with van der Waals surface area (Å²) in [6.07, 6.45) is 0.863. The summed E-state index contributed by atoms with van der Waals surface area (Å²) in [5.74, 6) is -0.762. The average Bonchev–Trinajstić information content (AvgIpc) is 3.27. The van der Waals surface area contributed by atoms with Crippen molar-refractivity contribution in [3.05, 3.63) is 69.0 Å². The molecule has 1 amide bonds. The Morgan fingerprint density at radius 1 is 1.27 bits per heavy atom. The van der Waals surface area contributed by atoms with Crippen LogP contribution < -0.4 is 5.32 Å². The Morgan fingerprint density at radius 2 is 2.03 bits per heavy atom. The first-order chi connectivity index (χ1) is 14.5. The summed E-state index contributed by atoms with van der Waals surface area (Å²) in [7, 11) is 1.33. The highest BCUT2D eigenvalue weighted by Crippen LogP contribution is 2.30. The zero-order chi connectivity index (χ0) is 21.3. The zero-order valence-electron chi connectivity index (χ0n) is 17.2. The van der Waals surface area contributed by atoms with E-state index >= 15 is 0 Å². The first-order valence-electron chi connectivity index (χ1n) is 9.80. The first-order valence-corrected chi connectivity index (χ1v) is 10.6. The quantitative estimate of drug-likeness (QED) is 0.610. The van der Waals surface area contributed by atoms with Crippen LogP contribution in [0.25, 0.3) is 0 Å². The Morgan fingerprint density at radius 3 is 2.77 bits per heavy atom. The molecule has 0 fully saturated rings. The highest BCUT2D eigenvalue weighted by atomic mass is 32.1. The van der Waals surface area contributed by atoms with Crippen LogP contribution >= 0.6 is 11.3 Å². The molecule has 7 nitrogen and oxygen atoms in total. The van der Waals surface area contributed by atoms with Gasteiger partial charge in [0.1, 0.15) is 5.69 Å². The minimum atomic E-state index is -0.455. The third-order valence-electron chi connectivity index (χ3n) is 5.33. The number of carbonyl (C=O) groups excluding carboxylic acids is 2. The fourth-order valence-corrected chi connectivity index (χ4v) is 4.87. The number of benzene rings is 1. The maximum Gasteiger partial charge on any atom is 0.339 e. The van der Waals surface area contributed by atoms with Crippen molar-refractivity contribution in [2.75, 3.05) is 19.0 Å². The van der Waals surface area contributed by atoms with Crippen LogP contribution in [0.15, 0.2) is 30.3 Å². The van der Waals surface area contributed by atoms with Crippen LogP contribution in [0.2, 0.25) is 0 Å². The van der Waals surface area contributed by atoms with Gasteiger partial charge in [-0.25, -0.2) is 9.78 Å². The number of nitrogens with zero attached hydrogens (tertiary/aromatic N) is 2. The fraction of sp³-hybridized carbons (Fsp3) is 0.318. The molecule has 30 heavy (non-hydrogen) atoms. The van der Waals surface area contributed by atoms with Gasteiger partial charge in [0.25, 0.3) is 5.91 Å². The van der Waals surface area contributed by atoms with Gasteiger partial charge in [-0.15, -0.1) is 11.3 Å². The van der Waals surface area contributed by atoms with E-state index < -0.39 is 5.97 Å². The number of methoxy groups -OCH3 is 1. The molecule has 3 heterocycles. The standard InChI is InChI=1S/C22H24N4O3S/c1-13-18(21(28)29-3)14(2)23-19(13)20(27)25-22-24-16-9-10-26(12-17(16)30-22)11-15-7-5-4-6-8-15/h4-8,23H,9-12H2,1-3H3,(H,24,25,27). The zero-order valence-corrected chi connectivity index (χ0v) is 18.1. The second-order valence-electron chi connectivity index (χ2n) is 7.41. The van der Waals surface area contributed by atoms with Crippen molar-refractivity contribution < 1.29 is 14.3 Å². The van der Waals surface area contributed by atoms with Gasteiger partial charge in [-0.3, -0.25) is 15.0 Å². The Balaban J connectivity index is 1.46. The number of hydrogen-bond donors (Lipinski definition) is 2. The van der Waals surface area contributed by atoms with E-state index in [4.69, 9.17) is 4.74 Å². The number of aromatic amines is 1. The van der Waals surface area contributed by atoms with Gasteiger partial charge >= 0.3 is 5.97 Å². The Labute approximate surface area is 179 Å². The number of thiazole rings is 1. The third kappa shape index (κ3) is 4.01. The van der Waals surface area contributed by atoms with Crippen LogP contribution in [0.5, 0.6) is 0 Å². The molecule has 0 bridgehead atoms. The van der Waals surface area contributed by atoms with Gasteiger partial charge in [0, 0.05) is 36.6 Å². The molecule has 4 rings (SSSR count). The van der Waals surface area contributed by atoms with E-state index in [1.165, 1.54) is 28.9 Å². The lowest BCUT2D eigenvalue weighted by molar-refractivity contribution is 0.0599. The van der Waals surface area contributed by atoms with Crippen LogP contribution in [0, 0.1) is 13.8 Å². The molecule has 156 valence electrons. The molecule has 0 unspecified atom stereocenters. The summed E-state index contributed by atoms with van der Waals surface area (Å²) in [5.41, 5.74) is 4.28. The van der Waals surface area contributed by atoms with Crippen molar-refractivity contribution in [3.8, 4) is 0 Å². The minimum absolute atomic E-state index is 0.307. The van der Waals surface area contributed by atoms with Crippen LogP contribution in [0.1, 0.15) is 48.2 Å². The molecule has 0 radical (unpaired) electrons. The maximum absolute atomic E-state index is 12.8. The van der Waals surface area contributed by atoms with Gasteiger partial charge < -0.3 is 9.72 Å². The molecule has 1 aromatic carbocycles. The third-order valence-corrected chi connectivity index (χ3v) is 6.33. The molecule has 2 aromatic heterocycles. The van der Waals surface area contributed by atoms with Crippen molar-refractivity contribution in [2.45, 2.75) is 33.4 Å². The van der Waals surface area contributed by atoms with Crippen molar-refractivity contribution in [1.82, 2.24) is 14.9 Å². The predicted molar refractivity (Wildman–Crippen MR) is 116 cm³/mol. The number of amides is 1. The SMILES string of the molecule is COC(=O)c1c(C)[nH]c(C(=O)Nc2nc3c(s2)CN(Cc2ccccc2)CC3)c1C. The van der Waals surface area contributed by atoms with Crippen LogP contribution in [0.4, 0.5) is 5.13 Å². The van der Waals surface area contributed by atoms with E-state index in [-0.39, 0.29) is 5.91 Å². The van der Waals surface area contributed by atoms with Gasteiger partial charge in [-0.05, 0) is 25.0 Å². The number of hydrogen-bond acceptors (Lipinski definition) is 6. The van der Waals surface area contributed by atoms with Gasteiger partial charge in [-0.2, -0.15) is 0 Å². The summed E-state index contributed by atoms with van der Waals surface area (Å²) < 4.78 is 4.81. The monoisotopic (exact) mass is 424 g/mol. The number of rotatable bonds is 5. The summed E-state index contributed by atoms with van der Waals surface area (Å²) in [6, 6.07) is 10.4. The number of anilines is 1. The Kier molecular flexibility index (Phi) is 5.69. The smallest absolute Gasteiger partial charge is 0.339 e. The topological polar surface area (TPSA) is 87.3 Å². The van der Waals surface area contributed by atoms with Crippen molar-refractivity contribution >= 4 is 28.3 Å². The van der Waals surface area contributed by atoms with E-state index in [1.807, 2.05) is 6.07 Å². The van der Waals surface area contributed by atoms with Crippen LogP contribution in [0.3, 0.4) is 0 Å². The second-order valence-corrected chi connectivity index (χ2v) is 8.49. The molecule has 0 spiro atoms. The summed E-state index contributed by atoms with van der Waals surface area (Å²) in [4.78, 5) is 35.9. The number of fused-ring (bicyclic) bond motifs is 1. The number of esters is 1. The Hall–Kier alpha value is -2.97. The Bertz CT molecular complexity index is 1090. The fourth-order valence-electron chi connectivity index (χ4n) is 3.82. The summed E-state index contributed by atoms with van der Waals surface area (Å²) in [5, 5.41) is 3.47. The number of aromatic nitrogens is 2. The average molecular weight is 425 g/mol. The van der Waals surface area contributed by atoms with E-state index in [1.54, 1.807) is 13.8 Å². The van der Waals surface area contributed by atoms with E-state index in [2.05, 4.69) is 44.5 Å². The molecular formula is C22H24N4O3S. The molecule has 1 aliphatic rings. The maximum atomic E-state index is 12.8. The lowest BCUT2D eigenvalue weighted by atomic mass is 10.1. The van der Waals surface area contributed by atoms with Crippen LogP contribution in [-0.2, 0) is 24.2 Å². The second kappa shape index (κ2) is 8.41. The van der Waals surface area contributed by atoms with Gasteiger partial charge in [0.15, 0.2) is 5.13 Å². The predicted octanol–water partition coefficient (Wildman–Crippen LogP) is 3.69. The lowest BCUT2D eigenvalue weighted by Gasteiger charge is -2.25. The molecule has 0 saturated heterocycles. The van der Waals surface area contributed by atoms with Gasteiger partial charge in [0.05, 0.1) is 18.4 Å². The van der Waals surface area contributed by atoms with Gasteiger partial charge in [0.2, 0.25) is 0 Å². The molecule has 0 aliphatic carbocycles. The largest absolute Gasteiger partial charge is 0.465 e. The molecule has 8 heteroatoms. The molecule has 2 N–H and O–H groups in total. The van der Waals surface area contributed by atoms with Crippen LogP contribution in [-0.4, -0.2) is 40.4 Å². The van der Waals surface area contributed by atoms with Crippen molar-refractivity contribution in [3.63, 3.8) is 0 Å². The lowest BCUT2D eigenvalue weighted by Crippen LogP contribution is -2.29. The molecular weight excluding hydrogens is 400 g/mol. The highest BCUT2D eigenvalue weighted by Gasteiger charge is 2.25. The highest BCUT2D eigenvalue weighted by molar-refractivity contribution is 7.15. The molecule has 0 atom stereocenters. The van der Waals surface area contributed by atoms with E-state index in [9.17, 15) is 9.59 Å². The molecule has 1 aliphatic heterocycles.